The second-order valence-electron chi connectivity index (χ2n) is 3.71. The number of nitrogens with zero attached hydrogens (tertiary/aromatic N) is 1. The molecule has 4 N–H and O–H groups in total. The van der Waals surface area contributed by atoms with E-state index in [9.17, 15) is 4.79 Å². The smallest absolute Gasteiger partial charge is 0.221 e. The molecule has 0 saturated carbocycles. The number of carbonyl (C=O) groups excluding carboxylic acids is 1. The molecule has 0 fully saturated rings. The molecular formula is C11H16Cl2N4O2. The summed E-state index contributed by atoms with van der Waals surface area (Å²) in [5.74, 6) is 0.522. The summed E-state index contributed by atoms with van der Waals surface area (Å²) >= 11 is 11.7. The van der Waals surface area contributed by atoms with E-state index in [1.807, 2.05) is 0 Å². The summed E-state index contributed by atoms with van der Waals surface area (Å²) in [6.45, 7) is 1.37. The molecule has 0 spiro atoms. The van der Waals surface area contributed by atoms with Crippen molar-refractivity contribution in [2.75, 3.05) is 37.9 Å². The average Bonchev–Trinajstić information content (AvgIpc) is 2.36. The Labute approximate surface area is 121 Å². The molecule has 6 nitrogen and oxygen atoms in total. The quantitative estimate of drug-likeness (QED) is 0.665. The number of aromatic nitrogens is 1. The first-order chi connectivity index (χ1) is 9.04. The third-order valence-corrected chi connectivity index (χ3v) is 2.82. The van der Waals surface area contributed by atoms with E-state index in [-0.39, 0.29) is 11.7 Å². The zero-order chi connectivity index (χ0) is 14.3. The fourth-order valence-electron chi connectivity index (χ4n) is 1.28. The number of amides is 1. The van der Waals surface area contributed by atoms with E-state index in [1.54, 1.807) is 7.11 Å². The molecule has 19 heavy (non-hydrogen) atoms. The van der Waals surface area contributed by atoms with E-state index in [2.05, 4.69) is 15.6 Å². The Morgan fingerprint density at radius 1 is 1.42 bits per heavy atom. The van der Waals surface area contributed by atoms with Gasteiger partial charge >= 0.3 is 0 Å². The SMILES string of the molecule is COCCNC(=O)CCNc1nc(N)c(Cl)cc1Cl. The van der Waals surface area contributed by atoms with Gasteiger partial charge in [-0.15, -0.1) is 0 Å². The van der Waals surface area contributed by atoms with Gasteiger partial charge in [0, 0.05) is 26.6 Å². The molecule has 0 aromatic carbocycles. The van der Waals surface area contributed by atoms with Gasteiger partial charge in [-0.2, -0.15) is 0 Å². The van der Waals surface area contributed by atoms with Crippen LogP contribution in [0.3, 0.4) is 0 Å². The summed E-state index contributed by atoms with van der Waals surface area (Å²) in [4.78, 5) is 15.4. The van der Waals surface area contributed by atoms with E-state index in [0.29, 0.717) is 42.0 Å². The molecule has 1 rings (SSSR count). The number of rotatable bonds is 7. The van der Waals surface area contributed by atoms with Crippen molar-refractivity contribution in [3.63, 3.8) is 0 Å². The normalized spacial score (nSPS) is 10.3. The van der Waals surface area contributed by atoms with Gasteiger partial charge in [-0.25, -0.2) is 4.98 Å². The van der Waals surface area contributed by atoms with Crippen LogP contribution in [0.5, 0.6) is 0 Å². The number of hydrogen-bond donors (Lipinski definition) is 3. The van der Waals surface area contributed by atoms with E-state index in [4.69, 9.17) is 33.7 Å². The van der Waals surface area contributed by atoms with Crippen LogP contribution in [0.4, 0.5) is 11.6 Å². The molecule has 1 aromatic heterocycles. The van der Waals surface area contributed by atoms with Crippen LogP contribution in [0, 0.1) is 0 Å². The summed E-state index contributed by atoms with van der Waals surface area (Å²) in [5, 5.41) is 6.29. The number of anilines is 2. The van der Waals surface area contributed by atoms with E-state index in [0.717, 1.165) is 0 Å². The highest BCUT2D eigenvalue weighted by Crippen LogP contribution is 2.27. The van der Waals surface area contributed by atoms with Gasteiger partial charge in [0.1, 0.15) is 11.6 Å². The molecule has 0 atom stereocenters. The summed E-state index contributed by atoms with van der Waals surface area (Å²) in [6, 6.07) is 1.51. The number of ether oxygens (including phenoxy) is 1. The first-order valence-electron chi connectivity index (χ1n) is 5.65. The van der Waals surface area contributed by atoms with Gasteiger partial charge < -0.3 is 21.1 Å². The topological polar surface area (TPSA) is 89.3 Å². The zero-order valence-corrected chi connectivity index (χ0v) is 12.0. The molecular weight excluding hydrogens is 291 g/mol. The van der Waals surface area contributed by atoms with Crippen molar-refractivity contribution >= 4 is 40.7 Å². The number of nitrogens with two attached hydrogens (primary N) is 1. The lowest BCUT2D eigenvalue weighted by Gasteiger charge is -2.09. The Kier molecular flexibility index (Phi) is 6.69. The lowest BCUT2D eigenvalue weighted by atomic mass is 10.3. The van der Waals surface area contributed by atoms with Crippen molar-refractivity contribution in [1.29, 1.82) is 0 Å². The van der Waals surface area contributed by atoms with Crippen LogP contribution < -0.4 is 16.4 Å². The Bertz CT molecular complexity index is 443. The molecule has 0 saturated heterocycles. The van der Waals surface area contributed by atoms with Crippen LogP contribution in [0.1, 0.15) is 6.42 Å². The molecule has 106 valence electrons. The van der Waals surface area contributed by atoms with Gasteiger partial charge in [-0.3, -0.25) is 4.79 Å². The Balaban J connectivity index is 2.37. The highest BCUT2D eigenvalue weighted by atomic mass is 35.5. The highest BCUT2D eigenvalue weighted by molar-refractivity contribution is 6.37. The second kappa shape index (κ2) is 8.04. The molecule has 0 radical (unpaired) electrons. The number of hydrogen-bond acceptors (Lipinski definition) is 5. The van der Waals surface area contributed by atoms with Crippen molar-refractivity contribution in [3.05, 3.63) is 16.1 Å². The molecule has 0 aliphatic heterocycles. The minimum atomic E-state index is -0.0809. The summed E-state index contributed by atoms with van der Waals surface area (Å²) in [5.41, 5.74) is 5.57. The van der Waals surface area contributed by atoms with Gasteiger partial charge in [0.2, 0.25) is 5.91 Å². The largest absolute Gasteiger partial charge is 0.383 e. The fourth-order valence-corrected chi connectivity index (χ4v) is 1.71. The van der Waals surface area contributed by atoms with Crippen LogP contribution >= 0.6 is 23.2 Å². The Morgan fingerprint density at radius 3 is 2.84 bits per heavy atom. The van der Waals surface area contributed by atoms with Crippen LogP contribution in [0.15, 0.2) is 6.07 Å². The number of nitrogen functional groups attached to an aromatic ring is 1. The highest BCUT2D eigenvalue weighted by Gasteiger charge is 2.07. The minimum Gasteiger partial charge on any atom is -0.383 e. The lowest BCUT2D eigenvalue weighted by Crippen LogP contribution is -2.28. The number of carbonyl (C=O) groups is 1. The lowest BCUT2D eigenvalue weighted by molar-refractivity contribution is -0.121. The number of nitrogens with one attached hydrogen (secondary N) is 2. The summed E-state index contributed by atoms with van der Waals surface area (Å²) in [6.07, 6.45) is 0.296. The molecule has 0 unspecified atom stereocenters. The molecule has 8 heteroatoms. The number of pyridine rings is 1. The standard InChI is InChI=1S/C11H16Cl2N4O2/c1-19-5-4-15-9(18)2-3-16-11-8(13)6-7(12)10(14)17-11/h6H,2-5H2,1H3,(H,15,18)(H3,14,16,17). The average molecular weight is 307 g/mol. The van der Waals surface area contributed by atoms with E-state index < -0.39 is 0 Å². The molecule has 0 aliphatic rings. The Hall–Kier alpha value is -1.24. The molecule has 1 heterocycles. The van der Waals surface area contributed by atoms with Crippen LogP contribution in [0.25, 0.3) is 0 Å². The maximum atomic E-state index is 11.4. The van der Waals surface area contributed by atoms with Gasteiger partial charge in [0.05, 0.1) is 16.7 Å². The van der Waals surface area contributed by atoms with Crippen molar-refractivity contribution in [1.82, 2.24) is 10.3 Å². The third kappa shape index (κ3) is 5.50. The minimum absolute atomic E-state index is 0.0809. The zero-order valence-electron chi connectivity index (χ0n) is 10.5. The predicted octanol–water partition coefficient (Wildman–Crippen LogP) is 1.54. The monoisotopic (exact) mass is 306 g/mol. The van der Waals surface area contributed by atoms with Gasteiger partial charge in [0.15, 0.2) is 0 Å². The van der Waals surface area contributed by atoms with Crippen LogP contribution in [-0.2, 0) is 9.53 Å². The molecule has 1 aromatic rings. The summed E-state index contributed by atoms with van der Waals surface area (Å²) in [7, 11) is 1.58. The van der Waals surface area contributed by atoms with E-state index >= 15 is 0 Å². The van der Waals surface area contributed by atoms with Crippen molar-refractivity contribution in [2.24, 2.45) is 0 Å². The number of halogens is 2. The first-order valence-corrected chi connectivity index (χ1v) is 6.41. The van der Waals surface area contributed by atoms with Crippen LogP contribution in [0.2, 0.25) is 10.0 Å². The van der Waals surface area contributed by atoms with Gasteiger partial charge in [-0.1, -0.05) is 23.2 Å². The van der Waals surface area contributed by atoms with Crippen molar-refractivity contribution in [3.8, 4) is 0 Å². The molecule has 0 aliphatic carbocycles. The first kappa shape index (κ1) is 15.8. The van der Waals surface area contributed by atoms with Crippen molar-refractivity contribution < 1.29 is 9.53 Å². The van der Waals surface area contributed by atoms with E-state index in [1.165, 1.54) is 6.07 Å². The Morgan fingerprint density at radius 2 is 2.16 bits per heavy atom. The summed E-state index contributed by atoms with van der Waals surface area (Å²) < 4.78 is 4.82. The molecule has 1 amide bonds. The second-order valence-corrected chi connectivity index (χ2v) is 4.52. The van der Waals surface area contributed by atoms with Gasteiger partial charge in [0.25, 0.3) is 0 Å². The van der Waals surface area contributed by atoms with Crippen LogP contribution in [-0.4, -0.2) is 37.7 Å². The van der Waals surface area contributed by atoms with Crippen molar-refractivity contribution in [2.45, 2.75) is 6.42 Å². The third-order valence-electron chi connectivity index (χ3n) is 2.23. The maximum absolute atomic E-state index is 11.4. The van der Waals surface area contributed by atoms with Gasteiger partial charge in [-0.05, 0) is 6.07 Å². The molecule has 0 bridgehead atoms. The predicted molar refractivity (Wildman–Crippen MR) is 76.7 cm³/mol. The maximum Gasteiger partial charge on any atom is 0.221 e. The number of methoxy groups -OCH3 is 1. The fraction of sp³-hybridized carbons (Fsp3) is 0.455.